The van der Waals surface area contributed by atoms with Gasteiger partial charge in [-0.05, 0) is 55.5 Å². The summed E-state index contributed by atoms with van der Waals surface area (Å²) in [7, 11) is -3.68. The van der Waals surface area contributed by atoms with Crippen LogP contribution in [0.25, 0.3) is 0 Å². The normalized spacial score (nSPS) is 11.2. The summed E-state index contributed by atoms with van der Waals surface area (Å²) < 4.78 is 37.5. The molecule has 1 aromatic heterocycles. The Kier molecular flexibility index (Phi) is 6.13. The molecule has 0 spiro atoms. The minimum absolute atomic E-state index is 0.0597. The van der Waals surface area contributed by atoms with Gasteiger partial charge in [0.05, 0.1) is 17.7 Å². The molecule has 0 fully saturated rings. The molecule has 3 aromatic rings. The minimum atomic E-state index is -3.68. The summed E-state index contributed by atoms with van der Waals surface area (Å²) in [5.74, 6) is 0.776. The van der Waals surface area contributed by atoms with Crippen LogP contribution in [0.15, 0.2) is 76.2 Å². The van der Waals surface area contributed by atoms with Crippen LogP contribution in [-0.4, -0.2) is 20.9 Å². The summed E-state index contributed by atoms with van der Waals surface area (Å²) in [4.78, 5) is 12.1. The highest BCUT2D eigenvalue weighted by molar-refractivity contribution is 7.89. The molecule has 8 heteroatoms. The Balaban J connectivity index is 1.53. The maximum absolute atomic E-state index is 12.3. The molecule has 28 heavy (non-hydrogen) atoms. The minimum Gasteiger partial charge on any atom is -0.484 e. The van der Waals surface area contributed by atoms with E-state index in [1.807, 2.05) is 19.1 Å². The molecule has 0 saturated carbocycles. The highest BCUT2D eigenvalue weighted by atomic mass is 32.2. The number of nitrogens with one attached hydrogen (secondary N) is 2. The molecule has 0 aliphatic carbocycles. The lowest BCUT2D eigenvalue weighted by Gasteiger charge is -2.09. The highest BCUT2D eigenvalue weighted by Crippen LogP contribution is 2.15. The average Bonchev–Trinajstić information content (AvgIpc) is 3.20. The topological polar surface area (TPSA) is 97.6 Å². The summed E-state index contributed by atoms with van der Waals surface area (Å²) in [5, 5.41) is 2.66. The Morgan fingerprint density at radius 2 is 1.75 bits per heavy atom. The average molecular weight is 400 g/mol. The maximum Gasteiger partial charge on any atom is 0.262 e. The quantitative estimate of drug-likeness (QED) is 0.606. The monoisotopic (exact) mass is 400 g/mol. The first-order valence-electron chi connectivity index (χ1n) is 8.54. The van der Waals surface area contributed by atoms with E-state index in [0.29, 0.717) is 17.2 Å². The predicted octanol–water partition coefficient (Wildman–Crippen LogP) is 3.08. The zero-order valence-corrected chi connectivity index (χ0v) is 16.0. The smallest absolute Gasteiger partial charge is 0.262 e. The van der Waals surface area contributed by atoms with Crippen molar-refractivity contribution in [3.05, 3.63) is 78.3 Å². The van der Waals surface area contributed by atoms with Gasteiger partial charge in [-0.2, -0.15) is 0 Å². The fourth-order valence-corrected chi connectivity index (χ4v) is 3.35. The van der Waals surface area contributed by atoms with Crippen molar-refractivity contribution in [2.45, 2.75) is 18.4 Å². The van der Waals surface area contributed by atoms with Crippen molar-refractivity contribution in [3.63, 3.8) is 0 Å². The summed E-state index contributed by atoms with van der Waals surface area (Å²) in [6.45, 7) is 1.88. The fraction of sp³-hybridized carbons (Fsp3) is 0.150. The second-order valence-electron chi connectivity index (χ2n) is 6.08. The van der Waals surface area contributed by atoms with Gasteiger partial charge in [0, 0.05) is 5.69 Å². The molecule has 1 heterocycles. The molecule has 2 aromatic carbocycles. The lowest BCUT2D eigenvalue weighted by atomic mass is 10.2. The molecule has 0 saturated heterocycles. The Labute approximate surface area is 163 Å². The van der Waals surface area contributed by atoms with Gasteiger partial charge in [-0.15, -0.1) is 0 Å². The van der Waals surface area contributed by atoms with E-state index in [1.165, 1.54) is 30.5 Å². The van der Waals surface area contributed by atoms with Gasteiger partial charge in [0.25, 0.3) is 5.91 Å². The summed E-state index contributed by atoms with van der Waals surface area (Å²) in [5.41, 5.74) is 1.58. The van der Waals surface area contributed by atoms with Crippen molar-refractivity contribution >= 4 is 21.6 Å². The maximum atomic E-state index is 12.3. The molecule has 0 unspecified atom stereocenters. The first-order chi connectivity index (χ1) is 13.4. The second-order valence-corrected chi connectivity index (χ2v) is 7.85. The van der Waals surface area contributed by atoms with Gasteiger partial charge in [-0.3, -0.25) is 4.79 Å². The molecular weight excluding hydrogens is 380 g/mol. The first-order valence-corrected chi connectivity index (χ1v) is 10.0. The number of ether oxygens (including phenoxy) is 1. The van der Waals surface area contributed by atoms with Crippen molar-refractivity contribution in [3.8, 4) is 5.75 Å². The standard InChI is InChI=1S/C20H20N2O5S/c1-15-4-8-17(9-5-15)27-14-20(23)22-16-6-10-19(11-7-16)28(24,25)21-13-18-3-2-12-26-18/h2-12,21H,13-14H2,1H3,(H,22,23). The van der Waals surface area contributed by atoms with Crippen molar-refractivity contribution in [2.24, 2.45) is 0 Å². The van der Waals surface area contributed by atoms with E-state index in [2.05, 4.69) is 10.0 Å². The van der Waals surface area contributed by atoms with E-state index in [9.17, 15) is 13.2 Å². The van der Waals surface area contributed by atoms with Gasteiger partial charge >= 0.3 is 0 Å². The number of carbonyl (C=O) groups is 1. The Hall–Kier alpha value is -3.10. The summed E-state index contributed by atoms with van der Waals surface area (Å²) in [6.07, 6.45) is 1.48. The number of amides is 1. The van der Waals surface area contributed by atoms with Crippen LogP contribution in [0, 0.1) is 6.92 Å². The predicted molar refractivity (Wildman–Crippen MR) is 104 cm³/mol. The molecule has 0 radical (unpaired) electrons. The van der Waals surface area contributed by atoms with Crippen LogP contribution in [0.4, 0.5) is 5.69 Å². The van der Waals surface area contributed by atoms with E-state index < -0.39 is 10.0 Å². The van der Waals surface area contributed by atoms with Crippen LogP contribution in [-0.2, 0) is 21.4 Å². The first kappa shape index (κ1) is 19.7. The number of anilines is 1. The SMILES string of the molecule is Cc1ccc(OCC(=O)Nc2ccc(S(=O)(=O)NCc3ccco3)cc2)cc1. The molecule has 0 bridgehead atoms. The van der Waals surface area contributed by atoms with E-state index in [1.54, 1.807) is 24.3 Å². The largest absolute Gasteiger partial charge is 0.484 e. The number of sulfonamides is 1. The zero-order valence-electron chi connectivity index (χ0n) is 15.2. The molecule has 2 N–H and O–H groups in total. The van der Waals surface area contributed by atoms with Gasteiger partial charge in [-0.25, -0.2) is 13.1 Å². The second kappa shape index (κ2) is 8.73. The van der Waals surface area contributed by atoms with Gasteiger partial charge < -0.3 is 14.5 Å². The number of hydrogen-bond donors (Lipinski definition) is 2. The Morgan fingerprint density at radius 3 is 2.39 bits per heavy atom. The lowest BCUT2D eigenvalue weighted by Crippen LogP contribution is -2.23. The molecule has 3 rings (SSSR count). The third kappa shape index (κ3) is 5.45. The van der Waals surface area contributed by atoms with Gasteiger partial charge in [0.15, 0.2) is 6.61 Å². The van der Waals surface area contributed by atoms with Crippen LogP contribution in [0.1, 0.15) is 11.3 Å². The van der Waals surface area contributed by atoms with Crippen molar-refractivity contribution in [2.75, 3.05) is 11.9 Å². The van der Waals surface area contributed by atoms with E-state index in [4.69, 9.17) is 9.15 Å². The molecule has 7 nitrogen and oxygen atoms in total. The van der Waals surface area contributed by atoms with Crippen molar-refractivity contribution in [1.82, 2.24) is 4.72 Å². The number of rotatable bonds is 8. The lowest BCUT2D eigenvalue weighted by molar-refractivity contribution is -0.118. The number of furan rings is 1. The van der Waals surface area contributed by atoms with Crippen molar-refractivity contribution < 1.29 is 22.4 Å². The van der Waals surface area contributed by atoms with Gasteiger partial charge in [0.1, 0.15) is 11.5 Å². The molecule has 146 valence electrons. The molecular formula is C20H20N2O5S. The van der Waals surface area contributed by atoms with E-state index >= 15 is 0 Å². The molecule has 0 aliphatic rings. The zero-order chi connectivity index (χ0) is 20.0. The van der Waals surface area contributed by atoms with Gasteiger partial charge in [-0.1, -0.05) is 17.7 Å². The molecule has 1 amide bonds. The third-order valence-corrected chi connectivity index (χ3v) is 5.27. The van der Waals surface area contributed by atoms with Crippen molar-refractivity contribution in [1.29, 1.82) is 0 Å². The van der Waals surface area contributed by atoms with Crippen LogP contribution >= 0.6 is 0 Å². The number of aryl methyl sites for hydroxylation is 1. The van der Waals surface area contributed by atoms with Crippen LogP contribution in [0.3, 0.4) is 0 Å². The van der Waals surface area contributed by atoms with Crippen LogP contribution < -0.4 is 14.8 Å². The third-order valence-electron chi connectivity index (χ3n) is 3.86. The Morgan fingerprint density at radius 1 is 1.04 bits per heavy atom. The molecule has 0 aliphatic heterocycles. The highest BCUT2D eigenvalue weighted by Gasteiger charge is 2.14. The number of carbonyl (C=O) groups excluding carboxylic acids is 1. The van der Waals surface area contributed by atoms with E-state index in [0.717, 1.165) is 5.56 Å². The summed E-state index contributed by atoms with van der Waals surface area (Å²) in [6, 6.07) is 16.6. The fourth-order valence-electron chi connectivity index (χ4n) is 2.36. The van der Waals surface area contributed by atoms with Gasteiger partial charge in [0.2, 0.25) is 10.0 Å². The number of benzene rings is 2. The Bertz CT molecular complexity index is 1010. The van der Waals surface area contributed by atoms with Crippen LogP contribution in [0.2, 0.25) is 0 Å². The van der Waals surface area contributed by atoms with Crippen LogP contribution in [0.5, 0.6) is 5.75 Å². The summed E-state index contributed by atoms with van der Waals surface area (Å²) >= 11 is 0. The molecule has 0 atom stereocenters. The van der Waals surface area contributed by atoms with E-state index in [-0.39, 0.29) is 24.0 Å². The number of hydrogen-bond acceptors (Lipinski definition) is 5.